The summed E-state index contributed by atoms with van der Waals surface area (Å²) in [7, 11) is 0. The average Bonchev–Trinajstić information content (AvgIpc) is 3.20. The molecule has 8 heteroatoms. The van der Waals surface area contributed by atoms with E-state index in [0.29, 0.717) is 10.8 Å². The fraction of sp³-hybridized carbons (Fsp3) is 0.280. The number of carbonyl (C=O) groups excluding carboxylic acids is 2. The number of thioether (sulfide) groups is 1. The second-order valence-electron chi connectivity index (χ2n) is 8.04. The number of nitrogens with one attached hydrogen (secondary N) is 2. The van der Waals surface area contributed by atoms with Crippen LogP contribution in [0.3, 0.4) is 0 Å². The van der Waals surface area contributed by atoms with Gasteiger partial charge in [0.2, 0.25) is 0 Å². The van der Waals surface area contributed by atoms with Gasteiger partial charge < -0.3 is 10.3 Å². The van der Waals surface area contributed by atoms with Crippen LogP contribution in [-0.2, 0) is 0 Å². The predicted octanol–water partition coefficient (Wildman–Crippen LogP) is 6.59. The first kappa shape index (κ1) is 25.0. The lowest BCUT2D eigenvalue weighted by atomic mass is 9.92. The third-order valence-corrected chi connectivity index (χ3v) is 6.29. The summed E-state index contributed by atoms with van der Waals surface area (Å²) in [6.07, 6.45) is 3.29. The zero-order valence-corrected chi connectivity index (χ0v) is 20.3. The van der Waals surface area contributed by atoms with Crippen LogP contribution < -0.4 is 5.32 Å². The molecule has 0 aliphatic rings. The molecular weight excluding hydrogens is 466 g/mol. The normalized spacial score (nSPS) is 12.1. The van der Waals surface area contributed by atoms with Crippen molar-refractivity contribution in [1.29, 1.82) is 0 Å². The number of Topliss-reactive ketones (excluding diaryl/α,β-unsaturated/α-hetero) is 1. The van der Waals surface area contributed by atoms with Gasteiger partial charge in [0.15, 0.2) is 5.78 Å². The van der Waals surface area contributed by atoms with E-state index >= 15 is 0 Å². The van der Waals surface area contributed by atoms with Crippen LogP contribution in [-0.4, -0.2) is 28.7 Å². The maximum absolute atomic E-state index is 14.9. The highest BCUT2D eigenvalue weighted by Gasteiger charge is 2.29. The van der Waals surface area contributed by atoms with Crippen LogP contribution in [0.1, 0.15) is 51.9 Å². The number of ketones is 1. The molecule has 0 spiro atoms. The summed E-state index contributed by atoms with van der Waals surface area (Å²) in [5.74, 6) is -1.99. The second-order valence-corrected chi connectivity index (χ2v) is 9.38. The Hall–Kier alpha value is -2.64. The Kier molecular flexibility index (Phi) is 7.97. The molecule has 33 heavy (non-hydrogen) atoms. The second kappa shape index (κ2) is 10.5. The molecule has 3 rings (SSSR count). The molecule has 0 bridgehead atoms. The van der Waals surface area contributed by atoms with Gasteiger partial charge in [0.05, 0.1) is 17.3 Å². The van der Waals surface area contributed by atoms with E-state index in [1.807, 2.05) is 12.3 Å². The Morgan fingerprint density at radius 3 is 2.45 bits per heavy atom. The van der Waals surface area contributed by atoms with E-state index in [1.165, 1.54) is 24.9 Å². The van der Waals surface area contributed by atoms with E-state index in [2.05, 4.69) is 10.3 Å². The summed E-state index contributed by atoms with van der Waals surface area (Å²) in [6, 6.07) is 8.81. The molecule has 174 valence electrons. The number of rotatable bonds is 8. The number of H-pyrrole nitrogens is 1. The zero-order valence-electron chi connectivity index (χ0n) is 18.8. The van der Waals surface area contributed by atoms with E-state index < -0.39 is 23.5 Å². The van der Waals surface area contributed by atoms with Crippen molar-refractivity contribution in [3.63, 3.8) is 0 Å². The molecule has 0 fully saturated rings. The van der Waals surface area contributed by atoms with E-state index in [0.717, 1.165) is 17.7 Å². The lowest BCUT2D eigenvalue weighted by molar-refractivity contribution is 0.0933. The first-order chi connectivity index (χ1) is 15.6. The van der Waals surface area contributed by atoms with Crippen LogP contribution in [0.5, 0.6) is 0 Å². The summed E-state index contributed by atoms with van der Waals surface area (Å²) < 4.78 is 29.3. The smallest absolute Gasteiger partial charge is 0.253 e. The van der Waals surface area contributed by atoms with Crippen molar-refractivity contribution in [2.45, 2.75) is 26.8 Å². The van der Waals surface area contributed by atoms with Crippen molar-refractivity contribution >= 4 is 35.1 Å². The lowest BCUT2D eigenvalue weighted by Gasteiger charge is -2.19. The molecule has 1 atom stereocenters. The molecule has 1 aromatic heterocycles. The summed E-state index contributed by atoms with van der Waals surface area (Å²) in [6.45, 7) is 4.83. The maximum atomic E-state index is 14.9. The first-order valence-corrected chi connectivity index (χ1v) is 12.2. The molecule has 0 aliphatic carbocycles. The highest BCUT2D eigenvalue weighted by Crippen LogP contribution is 2.35. The van der Waals surface area contributed by atoms with Crippen LogP contribution in [0, 0.1) is 24.5 Å². The molecule has 2 aromatic carbocycles. The van der Waals surface area contributed by atoms with Crippen molar-refractivity contribution in [3.8, 4) is 11.1 Å². The molecule has 1 unspecified atom stereocenters. The van der Waals surface area contributed by atoms with Crippen LogP contribution in [0.2, 0.25) is 5.02 Å². The third-order valence-electron chi connectivity index (χ3n) is 5.38. The minimum Gasteiger partial charge on any atom is -0.357 e. The molecule has 0 aliphatic heterocycles. The van der Waals surface area contributed by atoms with Gasteiger partial charge in [-0.15, -0.1) is 0 Å². The Labute approximate surface area is 201 Å². The molecule has 1 heterocycles. The molecule has 0 saturated heterocycles. The Bertz CT molecular complexity index is 1190. The summed E-state index contributed by atoms with van der Waals surface area (Å²) in [4.78, 5) is 29.1. The summed E-state index contributed by atoms with van der Waals surface area (Å²) >= 11 is 7.67. The number of hydrogen-bond donors (Lipinski definition) is 2. The number of carbonyl (C=O) groups is 2. The summed E-state index contributed by atoms with van der Waals surface area (Å²) in [5, 5.41) is 3.50. The van der Waals surface area contributed by atoms with Crippen molar-refractivity contribution in [3.05, 3.63) is 81.6 Å². The number of amides is 1. The average molecular weight is 491 g/mol. The van der Waals surface area contributed by atoms with Crippen molar-refractivity contribution < 1.29 is 18.4 Å². The van der Waals surface area contributed by atoms with E-state index in [4.69, 9.17) is 11.6 Å². The topological polar surface area (TPSA) is 62.0 Å². The summed E-state index contributed by atoms with van der Waals surface area (Å²) in [5.41, 5.74) is 0.946. The van der Waals surface area contributed by atoms with Gasteiger partial charge in [-0.2, -0.15) is 11.8 Å². The molecule has 2 N–H and O–H groups in total. The van der Waals surface area contributed by atoms with Gasteiger partial charge >= 0.3 is 0 Å². The van der Waals surface area contributed by atoms with E-state index in [-0.39, 0.29) is 39.8 Å². The van der Waals surface area contributed by atoms with Gasteiger partial charge in [0.25, 0.3) is 5.91 Å². The van der Waals surface area contributed by atoms with Crippen LogP contribution in [0.25, 0.3) is 11.1 Å². The number of aromatic nitrogens is 1. The number of benzene rings is 2. The van der Waals surface area contributed by atoms with Crippen molar-refractivity contribution in [2.24, 2.45) is 5.92 Å². The monoisotopic (exact) mass is 490 g/mol. The minimum absolute atomic E-state index is 0.0250. The largest absolute Gasteiger partial charge is 0.357 e. The Morgan fingerprint density at radius 1 is 1.12 bits per heavy atom. The fourth-order valence-electron chi connectivity index (χ4n) is 3.65. The lowest BCUT2D eigenvalue weighted by Crippen LogP contribution is -2.30. The highest BCUT2D eigenvalue weighted by atomic mass is 35.5. The van der Waals surface area contributed by atoms with E-state index in [1.54, 1.807) is 32.0 Å². The van der Waals surface area contributed by atoms with Crippen molar-refractivity contribution in [2.75, 3.05) is 12.0 Å². The van der Waals surface area contributed by atoms with Gasteiger partial charge in [-0.25, -0.2) is 8.78 Å². The molecule has 3 aromatic rings. The third kappa shape index (κ3) is 5.31. The Morgan fingerprint density at radius 2 is 1.82 bits per heavy atom. The van der Waals surface area contributed by atoms with Gasteiger partial charge in [0.1, 0.15) is 11.6 Å². The first-order valence-electron chi connectivity index (χ1n) is 10.4. The SMILES string of the molecule is CSCC(NC(=O)c1c[nH]c(C(=O)C(C)C)c1-c1c(F)ccc(F)c1C)c1cccc(Cl)c1. The van der Waals surface area contributed by atoms with E-state index in [9.17, 15) is 18.4 Å². The maximum Gasteiger partial charge on any atom is 0.253 e. The number of hydrogen-bond acceptors (Lipinski definition) is 3. The van der Waals surface area contributed by atoms with Crippen LogP contribution >= 0.6 is 23.4 Å². The molecule has 0 radical (unpaired) electrons. The quantitative estimate of drug-likeness (QED) is 0.350. The molecular formula is C25H25ClF2N2O2S. The minimum atomic E-state index is -0.712. The number of aromatic amines is 1. The molecule has 4 nitrogen and oxygen atoms in total. The Balaban J connectivity index is 2.12. The highest BCUT2D eigenvalue weighted by molar-refractivity contribution is 7.98. The zero-order chi connectivity index (χ0) is 24.3. The van der Waals surface area contributed by atoms with Crippen LogP contribution in [0.4, 0.5) is 8.78 Å². The van der Waals surface area contributed by atoms with Gasteiger partial charge in [-0.3, -0.25) is 9.59 Å². The molecule has 1 amide bonds. The number of halogens is 3. The standard InChI is InChI=1S/C25H25ClF2N2O2S/c1-13(2)24(31)23-22(21-14(3)18(27)8-9-19(21)28)17(11-29-23)25(32)30-20(12-33-4)15-6-5-7-16(26)10-15/h5-11,13,20,29H,12H2,1-4H3,(H,30,32). The molecule has 0 saturated carbocycles. The predicted molar refractivity (Wildman–Crippen MR) is 130 cm³/mol. The van der Waals surface area contributed by atoms with Crippen LogP contribution in [0.15, 0.2) is 42.6 Å². The fourth-order valence-corrected chi connectivity index (χ4v) is 4.46. The van der Waals surface area contributed by atoms with Crippen molar-refractivity contribution in [1.82, 2.24) is 10.3 Å². The van der Waals surface area contributed by atoms with Gasteiger partial charge in [-0.1, -0.05) is 37.6 Å². The van der Waals surface area contributed by atoms with Gasteiger partial charge in [0, 0.05) is 34.0 Å². The van der Waals surface area contributed by atoms with Gasteiger partial charge in [-0.05, 0) is 48.6 Å².